The third kappa shape index (κ3) is 2.46. The summed E-state index contributed by atoms with van der Waals surface area (Å²) >= 11 is 0. The van der Waals surface area contributed by atoms with E-state index in [0.29, 0.717) is 24.7 Å². The van der Waals surface area contributed by atoms with Crippen LogP contribution in [0.1, 0.15) is 32.1 Å². The molecule has 0 aliphatic heterocycles. The fourth-order valence-electron chi connectivity index (χ4n) is 2.62. The molecule has 1 aliphatic carbocycles. The summed E-state index contributed by atoms with van der Waals surface area (Å²) in [6.45, 7) is 0. The Morgan fingerprint density at radius 1 is 0.800 bits per heavy atom. The van der Waals surface area contributed by atoms with Crippen LogP contribution in [-0.2, 0) is 0 Å². The van der Waals surface area contributed by atoms with Gasteiger partial charge in [-0.2, -0.15) is 0 Å². The Morgan fingerprint density at radius 2 is 1.25 bits per heavy atom. The molecule has 2 aromatic rings. The standard InChI is InChI=1S/C14H17N5O/c20-14(6-2-1-3-7-14)19(12-15-8-4-9-16-12)13-17-10-5-11-18-13/h4-5,8-11,20H,1-3,6-7H2. The zero-order chi connectivity index (χ0) is 13.8. The molecular formula is C14H17N5O. The number of hydrogen-bond donors (Lipinski definition) is 1. The van der Waals surface area contributed by atoms with Crippen LogP contribution in [0.4, 0.5) is 11.9 Å². The Kier molecular flexibility index (Phi) is 3.56. The maximum Gasteiger partial charge on any atom is 0.234 e. The Morgan fingerprint density at radius 3 is 1.70 bits per heavy atom. The lowest BCUT2D eigenvalue weighted by Crippen LogP contribution is -2.49. The first-order valence-corrected chi connectivity index (χ1v) is 6.86. The zero-order valence-corrected chi connectivity index (χ0v) is 11.2. The molecule has 1 fully saturated rings. The number of anilines is 2. The van der Waals surface area contributed by atoms with Gasteiger partial charge < -0.3 is 5.11 Å². The first-order chi connectivity index (χ1) is 9.80. The Bertz CT molecular complexity index is 503. The van der Waals surface area contributed by atoms with Crippen LogP contribution in [0.5, 0.6) is 0 Å². The Hall–Kier alpha value is -2.08. The third-order valence-corrected chi connectivity index (χ3v) is 3.57. The molecule has 2 aromatic heterocycles. The summed E-state index contributed by atoms with van der Waals surface area (Å²) in [6.07, 6.45) is 11.1. The second-order valence-corrected chi connectivity index (χ2v) is 4.98. The van der Waals surface area contributed by atoms with Crippen LogP contribution in [0.25, 0.3) is 0 Å². The van der Waals surface area contributed by atoms with Crippen molar-refractivity contribution in [3.05, 3.63) is 36.9 Å². The molecule has 0 saturated heterocycles. The maximum atomic E-state index is 11.0. The summed E-state index contributed by atoms with van der Waals surface area (Å²) in [5, 5.41) is 11.0. The van der Waals surface area contributed by atoms with Crippen molar-refractivity contribution in [2.75, 3.05) is 4.90 Å². The predicted octanol–water partition coefficient (Wildman–Crippen LogP) is 2.06. The van der Waals surface area contributed by atoms with E-state index in [1.54, 1.807) is 41.8 Å². The predicted molar refractivity (Wildman–Crippen MR) is 74.2 cm³/mol. The summed E-state index contributed by atoms with van der Waals surface area (Å²) in [4.78, 5) is 18.7. The van der Waals surface area contributed by atoms with Gasteiger partial charge in [-0.15, -0.1) is 0 Å². The normalized spacial score (nSPS) is 17.6. The van der Waals surface area contributed by atoms with Gasteiger partial charge in [-0.25, -0.2) is 24.8 Å². The van der Waals surface area contributed by atoms with E-state index in [2.05, 4.69) is 19.9 Å². The molecule has 0 amide bonds. The Balaban J connectivity index is 2.04. The molecule has 0 radical (unpaired) electrons. The van der Waals surface area contributed by atoms with Gasteiger partial charge in [0.2, 0.25) is 11.9 Å². The van der Waals surface area contributed by atoms with E-state index in [4.69, 9.17) is 0 Å². The van der Waals surface area contributed by atoms with Gasteiger partial charge in [-0.1, -0.05) is 6.42 Å². The maximum absolute atomic E-state index is 11.0. The van der Waals surface area contributed by atoms with Crippen LogP contribution in [0, 0.1) is 0 Å². The first-order valence-electron chi connectivity index (χ1n) is 6.86. The second kappa shape index (κ2) is 5.50. The van der Waals surface area contributed by atoms with Gasteiger partial charge in [0.1, 0.15) is 5.72 Å². The minimum absolute atomic E-state index is 0.433. The van der Waals surface area contributed by atoms with Crippen molar-refractivity contribution in [3.8, 4) is 0 Å². The number of rotatable bonds is 3. The highest BCUT2D eigenvalue weighted by atomic mass is 16.3. The number of nitrogens with zero attached hydrogens (tertiary/aromatic N) is 5. The topological polar surface area (TPSA) is 75.0 Å². The lowest BCUT2D eigenvalue weighted by Gasteiger charge is -2.40. The van der Waals surface area contributed by atoms with Crippen molar-refractivity contribution < 1.29 is 5.11 Å². The highest BCUT2D eigenvalue weighted by Gasteiger charge is 2.39. The molecule has 0 spiro atoms. The minimum Gasteiger partial charge on any atom is -0.370 e. The van der Waals surface area contributed by atoms with E-state index in [1.165, 1.54) is 0 Å². The molecule has 6 nitrogen and oxygen atoms in total. The number of hydrogen-bond acceptors (Lipinski definition) is 6. The summed E-state index contributed by atoms with van der Waals surface area (Å²) < 4.78 is 0. The van der Waals surface area contributed by atoms with E-state index in [9.17, 15) is 5.11 Å². The van der Waals surface area contributed by atoms with E-state index < -0.39 is 5.72 Å². The zero-order valence-electron chi connectivity index (χ0n) is 11.2. The van der Waals surface area contributed by atoms with E-state index in [0.717, 1.165) is 19.3 Å². The van der Waals surface area contributed by atoms with Gasteiger partial charge in [-0.05, 0) is 37.8 Å². The van der Waals surface area contributed by atoms with Crippen molar-refractivity contribution in [3.63, 3.8) is 0 Å². The van der Waals surface area contributed by atoms with Crippen molar-refractivity contribution >= 4 is 11.9 Å². The molecule has 104 valence electrons. The fraction of sp³-hybridized carbons (Fsp3) is 0.429. The van der Waals surface area contributed by atoms with Crippen LogP contribution in [0.2, 0.25) is 0 Å². The molecule has 1 saturated carbocycles. The van der Waals surface area contributed by atoms with E-state index >= 15 is 0 Å². The third-order valence-electron chi connectivity index (χ3n) is 3.57. The monoisotopic (exact) mass is 271 g/mol. The molecule has 0 atom stereocenters. The smallest absolute Gasteiger partial charge is 0.234 e. The first kappa shape index (κ1) is 12.9. The van der Waals surface area contributed by atoms with Crippen LogP contribution >= 0.6 is 0 Å². The van der Waals surface area contributed by atoms with Gasteiger partial charge in [0.25, 0.3) is 0 Å². The lowest BCUT2D eigenvalue weighted by molar-refractivity contribution is 0.00835. The molecule has 20 heavy (non-hydrogen) atoms. The van der Waals surface area contributed by atoms with Gasteiger partial charge in [0.15, 0.2) is 0 Å². The molecule has 0 bridgehead atoms. The van der Waals surface area contributed by atoms with Gasteiger partial charge in [0, 0.05) is 24.8 Å². The Labute approximate surface area is 117 Å². The lowest BCUT2D eigenvalue weighted by atomic mass is 9.90. The SMILES string of the molecule is OC1(N(c2ncccn2)c2ncccn2)CCCCC1. The van der Waals surface area contributed by atoms with Crippen molar-refractivity contribution in [1.29, 1.82) is 0 Å². The summed E-state index contributed by atoms with van der Waals surface area (Å²) in [7, 11) is 0. The van der Waals surface area contributed by atoms with Crippen LogP contribution in [0.15, 0.2) is 36.9 Å². The highest BCUT2D eigenvalue weighted by Crippen LogP contribution is 2.36. The molecule has 0 aromatic carbocycles. The average molecular weight is 271 g/mol. The number of aliphatic hydroxyl groups is 1. The molecule has 2 heterocycles. The second-order valence-electron chi connectivity index (χ2n) is 4.98. The summed E-state index contributed by atoms with van der Waals surface area (Å²) in [6, 6.07) is 3.50. The molecule has 3 rings (SSSR count). The largest absolute Gasteiger partial charge is 0.370 e. The highest BCUT2D eigenvalue weighted by molar-refractivity contribution is 5.50. The van der Waals surface area contributed by atoms with E-state index in [1.807, 2.05) is 0 Å². The molecule has 1 aliphatic rings. The van der Waals surface area contributed by atoms with Crippen LogP contribution < -0.4 is 4.90 Å². The van der Waals surface area contributed by atoms with Gasteiger partial charge >= 0.3 is 0 Å². The van der Waals surface area contributed by atoms with Crippen molar-refractivity contribution in [2.45, 2.75) is 37.8 Å². The van der Waals surface area contributed by atoms with Crippen molar-refractivity contribution in [1.82, 2.24) is 19.9 Å². The fourth-order valence-corrected chi connectivity index (χ4v) is 2.62. The average Bonchev–Trinajstić information content (AvgIpc) is 2.50. The minimum atomic E-state index is -1.01. The number of aromatic nitrogens is 4. The van der Waals surface area contributed by atoms with Gasteiger partial charge in [-0.3, -0.25) is 0 Å². The molecule has 6 heteroatoms. The molecular weight excluding hydrogens is 254 g/mol. The summed E-state index contributed by atoms with van der Waals surface area (Å²) in [5.74, 6) is 0.867. The molecule has 1 N–H and O–H groups in total. The van der Waals surface area contributed by atoms with Crippen LogP contribution in [-0.4, -0.2) is 30.8 Å². The molecule has 0 unspecified atom stereocenters. The van der Waals surface area contributed by atoms with E-state index in [-0.39, 0.29) is 0 Å². The van der Waals surface area contributed by atoms with Gasteiger partial charge in [0.05, 0.1) is 0 Å². The summed E-state index contributed by atoms with van der Waals surface area (Å²) in [5.41, 5.74) is -1.01. The van der Waals surface area contributed by atoms with Crippen molar-refractivity contribution in [2.24, 2.45) is 0 Å². The quantitative estimate of drug-likeness (QED) is 0.861. The van der Waals surface area contributed by atoms with Crippen LogP contribution in [0.3, 0.4) is 0 Å².